The fourth-order valence-corrected chi connectivity index (χ4v) is 7.80. The number of hydrogen-bond donors (Lipinski definition) is 1. The number of imide groups is 2. The predicted molar refractivity (Wildman–Crippen MR) is 204 cm³/mol. The number of methoxy groups -OCH3 is 1. The quantitative estimate of drug-likeness (QED) is 0.0709. The lowest BCUT2D eigenvalue weighted by atomic mass is 9.76. The van der Waals surface area contributed by atoms with Crippen LogP contribution in [0.25, 0.3) is 6.08 Å². The number of urea groups is 1. The first-order valence-electron chi connectivity index (χ1n) is 17.8. The Kier molecular flexibility index (Phi) is 9.12. The van der Waals surface area contributed by atoms with Crippen LogP contribution in [0, 0.1) is 10.1 Å². The summed E-state index contributed by atoms with van der Waals surface area (Å²) in [6, 6.07) is 34.7. The molecule has 0 aliphatic carbocycles. The normalized spacial score (nSPS) is 18.6. The number of amides is 4. The van der Waals surface area contributed by atoms with Crippen LogP contribution < -0.4 is 24.6 Å². The third-order valence-corrected chi connectivity index (χ3v) is 10.4. The summed E-state index contributed by atoms with van der Waals surface area (Å²) in [5, 5.41) is 13.4. The molecule has 0 unspecified atom stereocenters. The van der Waals surface area contributed by atoms with Crippen LogP contribution in [-0.4, -0.2) is 43.0 Å². The molecule has 3 aliphatic heterocycles. The average Bonchev–Trinajstić information content (AvgIpc) is 3.19. The van der Waals surface area contributed by atoms with Gasteiger partial charge in [-0.1, -0.05) is 66.7 Å². The number of carbonyl (C=O) groups excluding carboxylic acids is 3. The molecule has 54 heavy (non-hydrogen) atoms. The SMILES string of the molecule is COc1cc(/C=C2\C(=O)NC(=O)N(c3cc4c5c(c3)[C@H](c3ccccc3)CCN5CC[C@H]4c3ccccc3)C2=O)ccc1OCc1ccc([N+](=O)[O-])cc1. The summed E-state index contributed by atoms with van der Waals surface area (Å²) in [4.78, 5) is 55.2. The molecule has 0 radical (unpaired) electrons. The smallest absolute Gasteiger partial charge is 0.335 e. The van der Waals surface area contributed by atoms with E-state index in [1.54, 1.807) is 30.3 Å². The van der Waals surface area contributed by atoms with E-state index in [0.29, 0.717) is 22.7 Å². The minimum atomic E-state index is -0.808. The lowest BCUT2D eigenvalue weighted by molar-refractivity contribution is -0.384. The van der Waals surface area contributed by atoms with E-state index >= 15 is 0 Å². The van der Waals surface area contributed by atoms with Crippen molar-refractivity contribution in [1.82, 2.24) is 5.32 Å². The highest BCUT2D eigenvalue weighted by atomic mass is 16.6. The zero-order chi connectivity index (χ0) is 37.3. The minimum Gasteiger partial charge on any atom is -0.493 e. The van der Waals surface area contributed by atoms with Gasteiger partial charge in [-0.3, -0.25) is 25.0 Å². The maximum atomic E-state index is 14.3. The van der Waals surface area contributed by atoms with E-state index in [0.717, 1.165) is 64.3 Å². The first kappa shape index (κ1) is 34.3. The molecular weight excluding hydrogens is 684 g/mol. The first-order valence-corrected chi connectivity index (χ1v) is 17.8. The van der Waals surface area contributed by atoms with Crippen LogP contribution in [0.4, 0.5) is 21.9 Å². The van der Waals surface area contributed by atoms with Crippen LogP contribution in [-0.2, 0) is 16.2 Å². The highest BCUT2D eigenvalue weighted by Gasteiger charge is 2.40. The average molecular weight is 721 g/mol. The number of ether oxygens (including phenoxy) is 2. The van der Waals surface area contributed by atoms with Crippen molar-refractivity contribution in [2.45, 2.75) is 31.3 Å². The number of nitro benzene ring substituents is 1. The highest BCUT2D eigenvalue weighted by molar-refractivity contribution is 6.39. The molecule has 11 heteroatoms. The molecule has 270 valence electrons. The molecule has 0 aromatic heterocycles. The van der Waals surface area contributed by atoms with Crippen molar-refractivity contribution < 1.29 is 28.8 Å². The largest absolute Gasteiger partial charge is 0.493 e. The van der Waals surface area contributed by atoms with Gasteiger partial charge in [0.05, 0.1) is 17.7 Å². The minimum absolute atomic E-state index is 0.0177. The second-order valence-corrected chi connectivity index (χ2v) is 13.5. The van der Waals surface area contributed by atoms with Crippen molar-refractivity contribution in [2.24, 2.45) is 0 Å². The maximum Gasteiger partial charge on any atom is 0.335 e. The Hall–Kier alpha value is -6.75. The van der Waals surface area contributed by atoms with Crippen LogP contribution in [0.2, 0.25) is 0 Å². The molecule has 3 heterocycles. The summed E-state index contributed by atoms with van der Waals surface area (Å²) < 4.78 is 11.5. The second kappa shape index (κ2) is 14.3. The molecule has 1 fully saturated rings. The summed E-state index contributed by atoms with van der Waals surface area (Å²) >= 11 is 0. The zero-order valence-corrected chi connectivity index (χ0v) is 29.4. The van der Waals surface area contributed by atoms with E-state index in [1.807, 2.05) is 48.5 Å². The molecule has 1 N–H and O–H groups in total. The number of nitro groups is 1. The number of benzene rings is 5. The van der Waals surface area contributed by atoms with Gasteiger partial charge in [0.25, 0.3) is 17.5 Å². The standard InChI is InChI=1S/C43H36N4O7/c1-53-39-23-28(14-17-38(39)54-26-27-12-15-31(16-13-27)47(51)52)22-37-41(48)44-43(50)46(42(37)49)32-24-35-33(29-8-4-2-5-9-29)18-20-45-21-19-34(36(25-32)40(35)45)30-10-6-3-7-11-30/h2-17,22-25,33-34H,18-21,26H2,1H3,(H,44,48,50)/b37-22+/t33-,34-/m0/s1. The summed E-state index contributed by atoms with van der Waals surface area (Å²) in [7, 11) is 1.47. The van der Waals surface area contributed by atoms with Crippen molar-refractivity contribution in [3.05, 3.63) is 164 Å². The molecule has 2 atom stereocenters. The molecular formula is C43H36N4O7. The molecule has 1 saturated heterocycles. The Balaban J connectivity index is 1.14. The predicted octanol–water partition coefficient (Wildman–Crippen LogP) is 7.73. The second-order valence-electron chi connectivity index (χ2n) is 13.5. The number of anilines is 2. The van der Waals surface area contributed by atoms with Gasteiger partial charge in [0.1, 0.15) is 12.2 Å². The molecule has 5 aromatic carbocycles. The van der Waals surface area contributed by atoms with Gasteiger partial charge in [-0.2, -0.15) is 0 Å². The van der Waals surface area contributed by atoms with Gasteiger partial charge in [-0.25, -0.2) is 9.69 Å². The number of barbiturate groups is 1. The number of nitrogens with zero attached hydrogens (tertiary/aromatic N) is 3. The lowest BCUT2D eigenvalue weighted by Crippen LogP contribution is -2.54. The summed E-state index contributed by atoms with van der Waals surface area (Å²) in [5.41, 5.74) is 6.97. The van der Waals surface area contributed by atoms with Crippen LogP contribution in [0.15, 0.2) is 121 Å². The van der Waals surface area contributed by atoms with Crippen molar-refractivity contribution in [1.29, 1.82) is 0 Å². The fourth-order valence-electron chi connectivity index (χ4n) is 7.80. The van der Waals surface area contributed by atoms with Crippen molar-refractivity contribution in [2.75, 3.05) is 30.0 Å². The van der Waals surface area contributed by atoms with Gasteiger partial charge >= 0.3 is 6.03 Å². The molecule has 8 rings (SSSR count). The number of carbonyl (C=O) groups is 3. The van der Waals surface area contributed by atoms with Crippen molar-refractivity contribution in [3.63, 3.8) is 0 Å². The lowest BCUT2D eigenvalue weighted by Gasteiger charge is -2.44. The molecule has 4 amide bonds. The number of nitrogens with one attached hydrogen (secondary N) is 1. The summed E-state index contributed by atoms with van der Waals surface area (Å²) in [6.45, 7) is 1.92. The fraction of sp³-hybridized carbons (Fsp3) is 0.186. The Morgan fingerprint density at radius 1 is 0.796 bits per heavy atom. The Bertz CT molecular complexity index is 2240. The van der Waals surface area contributed by atoms with E-state index < -0.39 is 22.8 Å². The van der Waals surface area contributed by atoms with Gasteiger partial charge in [0.15, 0.2) is 11.5 Å². The molecule has 0 saturated carbocycles. The van der Waals surface area contributed by atoms with Gasteiger partial charge in [-0.15, -0.1) is 0 Å². The van der Waals surface area contributed by atoms with Crippen molar-refractivity contribution >= 4 is 41.0 Å². The topological polar surface area (TPSA) is 131 Å². The molecule has 3 aliphatic rings. The Labute approximate surface area is 311 Å². The van der Waals surface area contributed by atoms with E-state index in [-0.39, 0.29) is 29.7 Å². The maximum absolute atomic E-state index is 14.3. The molecule has 0 bridgehead atoms. The number of non-ortho nitro benzene ring substituents is 1. The molecule has 5 aromatic rings. The summed E-state index contributed by atoms with van der Waals surface area (Å²) in [6.07, 6.45) is 3.20. The third kappa shape index (κ3) is 6.44. The molecule has 11 nitrogen and oxygen atoms in total. The van der Waals surface area contributed by atoms with E-state index in [2.05, 4.69) is 34.5 Å². The molecule has 0 spiro atoms. The van der Waals surface area contributed by atoms with Crippen LogP contribution in [0.5, 0.6) is 11.5 Å². The van der Waals surface area contributed by atoms with E-state index in [9.17, 15) is 24.5 Å². The zero-order valence-electron chi connectivity index (χ0n) is 29.4. The monoisotopic (exact) mass is 720 g/mol. The van der Waals surface area contributed by atoms with Gasteiger partial charge < -0.3 is 14.4 Å². The Morgan fingerprint density at radius 3 is 1.98 bits per heavy atom. The summed E-state index contributed by atoms with van der Waals surface area (Å²) in [5.74, 6) is -0.678. The van der Waals surface area contributed by atoms with Crippen molar-refractivity contribution in [3.8, 4) is 11.5 Å². The third-order valence-electron chi connectivity index (χ3n) is 10.4. The Morgan fingerprint density at radius 2 is 1.41 bits per heavy atom. The van der Waals surface area contributed by atoms with Gasteiger partial charge in [0, 0.05) is 42.7 Å². The van der Waals surface area contributed by atoms with Crippen LogP contribution >= 0.6 is 0 Å². The van der Waals surface area contributed by atoms with Gasteiger partial charge in [-0.05, 0) is 88.7 Å². The van der Waals surface area contributed by atoms with Crippen LogP contribution in [0.3, 0.4) is 0 Å². The van der Waals surface area contributed by atoms with E-state index in [1.165, 1.54) is 25.3 Å². The highest BCUT2D eigenvalue weighted by Crippen LogP contribution is 2.50. The number of hydrogen-bond acceptors (Lipinski definition) is 8. The van der Waals surface area contributed by atoms with Gasteiger partial charge in [0.2, 0.25) is 0 Å². The van der Waals surface area contributed by atoms with Crippen LogP contribution in [0.1, 0.15) is 58.1 Å². The van der Waals surface area contributed by atoms with E-state index in [4.69, 9.17) is 9.47 Å². The first-order chi connectivity index (χ1) is 26.3. The number of rotatable bonds is 9.